The molecule has 138 valence electrons. The number of hydrogen-bond acceptors (Lipinski definition) is 5. The van der Waals surface area contributed by atoms with Gasteiger partial charge in [-0.15, -0.1) is 0 Å². The number of nitrogens with zero attached hydrogens (tertiary/aromatic N) is 4. The van der Waals surface area contributed by atoms with Crippen molar-refractivity contribution < 1.29 is 4.79 Å². The van der Waals surface area contributed by atoms with Gasteiger partial charge in [0.2, 0.25) is 5.91 Å². The Hall–Kier alpha value is -2.28. The number of carbonyl (C=O) groups is 1. The monoisotopic (exact) mass is 354 g/mol. The van der Waals surface area contributed by atoms with Gasteiger partial charge in [-0.25, -0.2) is 4.98 Å². The fourth-order valence-electron chi connectivity index (χ4n) is 3.99. The fourth-order valence-corrected chi connectivity index (χ4v) is 3.99. The van der Waals surface area contributed by atoms with E-state index >= 15 is 0 Å². The molecule has 1 aliphatic carbocycles. The lowest BCUT2D eigenvalue weighted by Gasteiger charge is -2.46. The predicted molar refractivity (Wildman–Crippen MR) is 98.3 cm³/mol. The van der Waals surface area contributed by atoms with E-state index in [-0.39, 0.29) is 11.9 Å². The highest BCUT2D eigenvalue weighted by molar-refractivity contribution is 5.82. The van der Waals surface area contributed by atoms with E-state index in [0.717, 1.165) is 24.4 Å². The summed E-state index contributed by atoms with van der Waals surface area (Å²) in [6.07, 6.45) is 11.6. The first kappa shape index (κ1) is 17.1. The average molecular weight is 354 g/mol. The van der Waals surface area contributed by atoms with Crippen LogP contribution in [0.5, 0.6) is 0 Å². The van der Waals surface area contributed by atoms with Crippen molar-refractivity contribution >= 4 is 5.91 Å². The molecule has 1 saturated carbocycles. The molecule has 3 heterocycles. The second-order valence-corrected chi connectivity index (χ2v) is 7.22. The normalized spacial score (nSPS) is 21.3. The zero-order valence-electron chi connectivity index (χ0n) is 15.0. The van der Waals surface area contributed by atoms with Crippen molar-refractivity contribution in [1.29, 1.82) is 0 Å². The Morgan fingerprint density at radius 1 is 1.27 bits per heavy atom. The van der Waals surface area contributed by atoms with Crippen LogP contribution >= 0.6 is 0 Å². The van der Waals surface area contributed by atoms with E-state index in [1.54, 1.807) is 12.4 Å². The molecule has 1 amide bonds. The molecule has 4 rings (SSSR count). The van der Waals surface area contributed by atoms with Crippen molar-refractivity contribution in [1.82, 2.24) is 30.4 Å². The lowest BCUT2D eigenvalue weighted by atomic mass is 9.89. The molecule has 2 N–H and O–H groups in total. The van der Waals surface area contributed by atoms with Gasteiger partial charge in [0, 0.05) is 43.5 Å². The molecule has 2 aromatic rings. The van der Waals surface area contributed by atoms with Crippen LogP contribution < -0.4 is 5.32 Å². The fraction of sp³-hybridized carbons (Fsp3) is 0.579. The minimum Gasteiger partial charge on any atom is -0.354 e. The molecule has 2 fully saturated rings. The van der Waals surface area contributed by atoms with Crippen LogP contribution in [0.25, 0.3) is 11.4 Å². The molecule has 0 bridgehead atoms. The summed E-state index contributed by atoms with van der Waals surface area (Å²) in [6, 6.07) is 4.48. The summed E-state index contributed by atoms with van der Waals surface area (Å²) >= 11 is 0. The van der Waals surface area contributed by atoms with Crippen molar-refractivity contribution in [2.45, 2.75) is 57.0 Å². The maximum absolute atomic E-state index is 12.5. The zero-order chi connectivity index (χ0) is 17.8. The summed E-state index contributed by atoms with van der Waals surface area (Å²) in [7, 11) is 0. The van der Waals surface area contributed by atoms with Gasteiger partial charge in [0.25, 0.3) is 0 Å². The number of H-pyrrole nitrogens is 1. The van der Waals surface area contributed by atoms with Crippen molar-refractivity contribution in [3.05, 3.63) is 30.4 Å². The predicted octanol–water partition coefficient (Wildman–Crippen LogP) is 1.93. The molecule has 0 radical (unpaired) electrons. The van der Waals surface area contributed by atoms with Gasteiger partial charge in [-0.05, 0) is 31.4 Å². The van der Waals surface area contributed by atoms with E-state index < -0.39 is 0 Å². The molecular formula is C19H26N6O. The van der Waals surface area contributed by atoms with Crippen LogP contribution in [0, 0.1) is 0 Å². The molecule has 1 aliphatic heterocycles. The number of hydrogen-bond donors (Lipinski definition) is 2. The third kappa shape index (κ3) is 3.77. The van der Waals surface area contributed by atoms with Gasteiger partial charge in [-0.3, -0.25) is 19.8 Å². The molecule has 1 atom stereocenters. The summed E-state index contributed by atoms with van der Waals surface area (Å²) < 4.78 is 0. The maximum atomic E-state index is 12.5. The molecule has 2 aliphatic rings. The molecule has 1 saturated heterocycles. The van der Waals surface area contributed by atoms with Crippen LogP contribution in [0.1, 0.15) is 44.3 Å². The number of pyridine rings is 1. The van der Waals surface area contributed by atoms with Crippen LogP contribution in [-0.4, -0.2) is 56.1 Å². The Bertz CT molecular complexity index is 725. The van der Waals surface area contributed by atoms with Crippen molar-refractivity contribution in [2.75, 3.05) is 13.1 Å². The topological polar surface area (TPSA) is 86.8 Å². The highest BCUT2D eigenvalue weighted by Gasteiger charge is 2.38. The van der Waals surface area contributed by atoms with Gasteiger partial charge >= 0.3 is 0 Å². The standard InChI is InChI=1S/C19H26N6O/c26-19(16-9-12-25(16)15-6-2-1-3-7-15)21-11-8-17-22-18(24-23-17)14-5-4-10-20-13-14/h4-5,10,13,15-16H,1-3,6-9,11-12H2,(H,21,26)(H,22,23,24). The first-order valence-corrected chi connectivity index (χ1v) is 9.66. The minimum absolute atomic E-state index is 0.0683. The molecule has 1 unspecified atom stereocenters. The number of amides is 1. The van der Waals surface area contributed by atoms with Crippen LogP contribution in [-0.2, 0) is 11.2 Å². The van der Waals surface area contributed by atoms with Gasteiger partial charge in [0.05, 0.1) is 6.04 Å². The number of carbonyl (C=O) groups excluding carboxylic acids is 1. The van der Waals surface area contributed by atoms with Crippen LogP contribution in [0.2, 0.25) is 0 Å². The lowest BCUT2D eigenvalue weighted by Crippen LogP contribution is -2.60. The van der Waals surface area contributed by atoms with Crippen molar-refractivity contribution in [3.63, 3.8) is 0 Å². The summed E-state index contributed by atoms with van der Waals surface area (Å²) in [5, 5.41) is 10.2. The molecule has 7 heteroatoms. The Balaban J connectivity index is 1.24. The Morgan fingerprint density at radius 2 is 2.15 bits per heavy atom. The molecular weight excluding hydrogens is 328 g/mol. The third-order valence-electron chi connectivity index (χ3n) is 5.52. The average Bonchev–Trinajstić information content (AvgIpc) is 3.11. The first-order valence-electron chi connectivity index (χ1n) is 9.66. The van der Waals surface area contributed by atoms with Gasteiger partial charge in [0.1, 0.15) is 5.82 Å². The Morgan fingerprint density at radius 3 is 2.88 bits per heavy atom. The number of aromatic nitrogens is 4. The molecule has 0 aromatic carbocycles. The molecule has 0 spiro atoms. The number of likely N-dealkylation sites (tertiary alicyclic amines) is 1. The summed E-state index contributed by atoms with van der Waals surface area (Å²) in [5.74, 6) is 1.58. The maximum Gasteiger partial charge on any atom is 0.237 e. The van der Waals surface area contributed by atoms with Gasteiger partial charge in [-0.2, -0.15) is 5.10 Å². The summed E-state index contributed by atoms with van der Waals surface area (Å²) in [4.78, 5) is 23.5. The number of rotatable bonds is 6. The summed E-state index contributed by atoms with van der Waals surface area (Å²) in [6.45, 7) is 1.65. The van der Waals surface area contributed by atoms with Crippen molar-refractivity contribution in [3.8, 4) is 11.4 Å². The largest absolute Gasteiger partial charge is 0.354 e. The van der Waals surface area contributed by atoms with Gasteiger partial charge in [-0.1, -0.05) is 19.3 Å². The van der Waals surface area contributed by atoms with E-state index in [1.165, 1.54) is 32.1 Å². The van der Waals surface area contributed by atoms with Gasteiger partial charge in [0.15, 0.2) is 5.82 Å². The molecule has 2 aromatic heterocycles. The Kier molecular flexibility index (Phi) is 5.24. The summed E-state index contributed by atoms with van der Waals surface area (Å²) in [5.41, 5.74) is 0.886. The molecule has 26 heavy (non-hydrogen) atoms. The SMILES string of the molecule is O=C(NCCc1nc(-c2cccnc2)n[nH]1)C1CCN1C1CCCCC1. The first-order chi connectivity index (χ1) is 12.8. The smallest absolute Gasteiger partial charge is 0.237 e. The van der Waals surface area contributed by atoms with Crippen molar-refractivity contribution in [2.24, 2.45) is 0 Å². The van der Waals surface area contributed by atoms with E-state index in [9.17, 15) is 4.79 Å². The highest BCUT2D eigenvalue weighted by Crippen LogP contribution is 2.30. The van der Waals surface area contributed by atoms with Gasteiger partial charge < -0.3 is 5.32 Å². The van der Waals surface area contributed by atoms with E-state index in [0.29, 0.717) is 24.8 Å². The van der Waals surface area contributed by atoms with E-state index in [2.05, 4.69) is 30.4 Å². The number of aromatic amines is 1. The second kappa shape index (κ2) is 7.95. The van der Waals surface area contributed by atoms with Crippen LogP contribution in [0.4, 0.5) is 0 Å². The minimum atomic E-state index is 0.0683. The second-order valence-electron chi connectivity index (χ2n) is 7.22. The number of nitrogens with one attached hydrogen (secondary N) is 2. The zero-order valence-corrected chi connectivity index (χ0v) is 15.0. The van der Waals surface area contributed by atoms with E-state index in [1.807, 2.05) is 12.1 Å². The Labute approximate surface area is 153 Å². The quantitative estimate of drug-likeness (QED) is 0.828. The highest BCUT2D eigenvalue weighted by atomic mass is 16.2. The van der Waals surface area contributed by atoms with E-state index in [4.69, 9.17) is 0 Å². The van der Waals surface area contributed by atoms with Crippen LogP contribution in [0.15, 0.2) is 24.5 Å². The van der Waals surface area contributed by atoms with Crippen LogP contribution in [0.3, 0.4) is 0 Å². The third-order valence-corrected chi connectivity index (χ3v) is 5.52. The molecule has 7 nitrogen and oxygen atoms in total. The lowest BCUT2D eigenvalue weighted by molar-refractivity contribution is -0.133.